The van der Waals surface area contributed by atoms with Crippen LogP contribution in [0.2, 0.25) is 0 Å². The summed E-state index contributed by atoms with van der Waals surface area (Å²) >= 11 is 0. The van der Waals surface area contributed by atoms with Gasteiger partial charge in [0.25, 0.3) is 5.56 Å². The number of aryl methyl sites for hydroxylation is 1. The van der Waals surface area contributed by atoms with Crippen LogP contribution in [0, 0.1) is 5.82 Å². The minimum absolute atomic E-state index is 0.0783. The summed E-state index contributed by atoms with van der Waals surface area (Å²) in [6.07, 6.45) is 0.231. The number of methoxy groups -OCH3 is 1. The predicted octanol–water partition coefficient (Wildman–Crippen LogP) is 2.23. The highest BCUT2D eigenvalue weighted by Gasteiger charge is 2.10. The summed E-state index contributed by atoms with van der Waals surface area (Å²) in [7, 11) is 1.57. The number of benzene rings is 2. The molecule has 0 unspecified atom stereocenters. The van der Waals surface area contributed by atoms with E-state index >= 15 is 0 Å². The Labute approximate surface area is 160 Å². The second-order valence-electron chi connectivity index (χ2n) is 6.08. The lowest BCUT2D eigenvalue weighted by Crippen LogP contribution is -2.25. The van der Waals surface area contributed by atoms with Crippen LogP contribution in [0.1, 0.15) is 17.7 Å². The summed E-state index contributed by atoms with van der Waals surface area (Å²) in [5.74, 6) is 0.419. The minimum atomic E-state index is -0.390. The third-order valence-corrected chi connectivity index (χ3v) is 4.10. The highest BCUT2D eigenvalue weighted by atomic mass is 19.1. The van der Waals surface area contributed by atoms with Crippen LogP contribution < -0.4 is 15.6 Å². The van der Waals surface area contributed by atoms with Gasteiger partial charge in [-0.15, -0.1) is 10.2 Å². The molecule has 0 saturated heterocycles. The van der Waals surface area contributed by atoms with Crippen LogP contribution in [0.5, 0.6) is 5.75 Å². The molecule has 8 heteroatoms. The first-order chi connectivity index (χ1) is 13.5. The van der Waals surface area contributed by atoms with Gasteiger partial charge in [0.1, 0.15) is 17.3 Å². The van der Waals surface area contributed by atoms with Gasteiger partial charge in [0.05, 0.1) is 7.11 Å². The Morgan fingerprint density at radius 1 is 1.18 bits per heavy atom. The van der Waals surface area contributed by atoms with Crippen molar-refractivity contribution in [2.24, 2.45) is 0 Å². The number of hydrogen-bond acceptors (Lipinski definition) is 5. The summed E-state index contributed by atoms with van der Waals surface area (Å²) < 4.78 is 18.2. The highest BCUT2D eigenvalue weighted by Crippen LogP contribution is 2.17. The Hall–Kier alpha value is -3.55. The van der Waals surface area contributed by atoms with Crippen LogP contribution in [0.4, 0.5) is 4.39 Å². The molecule has 0 radical (unpaired) electrons. The lowest BCUT2D eigenvalue weighted by Gasteiger charge is -2.06. The quantitative estimate of drug-likeness (QED) is 0.653. The van der Waals surface area contributed by atoms with Crippen LogP contribution in [0.3, 0.4) is 0 Å². The SMILES string of the molecule is COc1ccc(-c2nnc(CCC(=O)NCc3cccc(F)c3)c(=O)[nH]2)cc1. The molecule has 0 aliphatic heterocycles. The number of hydrogen-bond donors (Lipinski definition) is 2. The molecule has 0 spiro atoms. The summed E-state index contributed by atoms with van der Waals surface area (Å²) in [4.78, 5) is 26.8. The first-order valence-electron chi connectivity index (χ1n) is 8.66. The third kappa shape index (κ3) is 5.00. The molecule has 1 amide bonds. The number of nitrogens with zero attached hydrogens (tertiary/aromatic N) is 2. The Bertz CT molecular complexity index is 1020. The van der Waals surface area contributed by atoms with Gasteiger partial charge in [0.15, 0.2) is 5.82 Å². The van der Waals surface area contributed by atoms with Crippen LogP contribution in [0.25, 0.3) is 11.4 Å². The average molecular weight is 382 g/mol. The van der Waals surface area contributed by atoms with E-state index in [-0.39, 0.29) is 36.8 Å². The first kappa shape index (κ1) is 19.2. The van der Waals surface area contributed by atoms with Crippen molar-refractivity contribution in [3.8, 4) is 17.1 Å². The van der Waals surface area contributed by atoms with E-state index in [1.165, 1.54) is 12.1 Å². The second kappa shape index (κ2) is 8.90. The van der Waals surface area contributed by atoms with Gasteiger partial charge in [-0.2, -0.15) is 0 Å². The minimum Gasteiger partial charge on any atom is -0.497 e. The fourth-order valence-electron chi connectivity index (χ4n) is 2.57. The van der Waals surface area contributed by atoms with E-state index in [2.05, 4.69) is 20.5 Å². The van der Waals surface area contributed by atoms with Crippen molar-refractivity contribution in [2.45, 2.75) is 19.4 Å². The van der Waals surface area contributed by atoms with Gasteiger partial charge >= 0.3 is 0 Å². The Balaban J connectivity index is 1.57. The van der Waals surface area contributed by atoms with Crippen LogP contribution >= 0.6 is 0 Å². The van der Waals surface area contributed by atoms with Gasteiger partial charge < -0.3 is 15.0 Å². The van der Waals surface area contributed by atoms with E-state index in [0.29, 0.717) is 22.7 Å². The molecule has 0 bridgehead atoms. The van der Waals surface area contributed by atoms with E-state index in [9.17, 15) is 14.0 Å². The van der Waals surface area contributed by atoms with Crippen molar-refractivity contribution >= 4 is 5.91 Å². The molecular weight excluding hydrogens is 363 g/mol. The molecule has 0 saturated carbocycles. The zero-order valence-corrected chi connectivity index (χ0v) is 15.2. The number of carbonyl (C=O) groups excluding carboxylic acids is 1. The molecule has 3 aromatic rings. The number of rotatable bonds is 7. The van der Waals surface area contributed by atoms with Crippen LogP contribution in [-0.4, -0.2) is 28.2 Å². The molecular formula is C20H19FN4O3. The topological polar surface area (TPSA) is 97.0 Å². The number of aromatic amines is 1. The van der Waals surface area contributed by atoms with Gasteiger partial charge in [0, 0.05) is 24.9 Å². The number of amides is 1. The third-order valence-electron chi connectivity index (χ3n) is 4.10. The van der Waals surface area contributed by atoms with Crippen LogP contribution in [0.15, 0.2) is 53.3 Å². The van der Waals surface area contributed by atoms with E-state index in [4.69, 9.17) is 4.74 Å². The molecule has 7 nitrogen and oxygen atoms in total. The predicted molar refractivity (Wildman–Crippen MR) is 101 cm³/mol. The van der Waals surface area contributed by atoms with Crippen molar-refractivity contribution in [1.29, 1.82) is 0 Å². The van der Waals surface area contributed by atoms with Gasteiger partial charge in [-0.05, 0) is 42.0 Å². The molecule has 144 valence electrons. The molecule has 2 aromatic carbocycles. The second-order valence-corrected chi connectivity index (χ2v) is 6.08. The maximum absolute atomic E-state index is 13.1. The van der Waals surface area contributed by atoms with Crippen molar-refractivity contribution in [2.75, 3.05) is 7.11 Å². The molecule has 0 aliphatic carbocycles. The summed E-state index contributed by atoms with van der Waals surface area (Å²) in [6, 6.07) is 13.0. The van der Waals surface area contributed by atoms with E-state index in [1.807, 2.05) is 0 Å². The van der Waals surface area contributed by atoms with E-state index < -0.39 is 5.56 Å². The smallest absolute Gasteiger partial charge is 0.273 e. The molecule has 0 fully saturated rings. The molecule has 1 aromatic heterocycles. The number of aromatic nitrogens is 3. The van der Waals surface area contributed by atoms with Gasteiger partial charge in [0.2, 0.25) is 5.91 Å². The summed E-state index contributed by atoms with van der Waals surface area (Å²) in [5.41, 5.74) is 1.15. The zero-order chi connectivity index (χ0) is 19.9. The monoisotopic (exact) mass is 382 g/mol. The van der Waals surface area contributed by atoms with Gasteiger partial charge in [-0.1, -0.05) is 12.1 Å². The molecule has 28 heavy (non-hydrogen) atoms. The average Bonchev–Trinajstić information content (AvgIpc) is 2.71. The van der Waals surface area contributed by atoms with Gasteiger partial charge in [-0.3, -0.25) is 9.59 Å². The molecule has 3 rings (SSSR count). The molecule has 0 aliphatic rings. The van der Waals surface area contributed by atoms with Crippen LogP contribution in [-0.2, 0) is 17.8 Å². The highest BCUT2D eigenvalue weighted by molar-refractivity contribution is 5.76. The molecule has 0 atom stereocenters. The van der Waals surface area contributed by atoms with E-state index in [0.717, 1.165) is 0 Å². The first-order valence-corrected chi connectivity index (χ1v) is 8.66. The van der Waals surface area contributed by atoms with Crippen molar-refractivity contribution in [3.63, 3.8) is 0 Å². The number of nitrogens with one attached hydrogen (secondary N) is 2. The Kier molecular flexibility index (Phi) is 6.11. The van der Waals surface area contributed by atoms with Gasteiger partial charge in [-0.25, -0.2) is 4.39 Å². The van der Waals surface area contributed by atoms with Crippen molar-refractivity contribution in [3.05, 3.63) is 76.0 Å². The van der Waals surface area contributed by atoms with Crippen molar-refractivity contribution in [1.82, 2.24) is 20.5 Å². The number of ether oxygens (including phenoxy) is 1. The fraction of sp³-hybridized carbons (Fsp3) is 0.200. The molecule has 1 heterocycles. The maximum Gasteiger partial charge on any atom is 0.273 e. The summed E-state index contributed by atoms with van der Waals surface area (Å²) in [6.45, 7) is 0.217. The number of carbonyl (C=O) groups is 1. The largest absolute Gasteiger partial charge is 0.497 e. The standard InChI is InChI=1S/C20H19FN4O3/c1-28-16-7-5-14(6-8-16)19-23-20(27)17(24-25-19)9-10-18(26)22-12-13-3-2-4-15(21)11-13/h2-8,11H,9-10,12H2,1H3,(H,22,26)(H,23,25,27). The maximum atomic E-state index is 13.1. The Morgan fingerprint density at radius 3 is 2.64 bits per heavy atom. The Morgan fingerprint density at radius 2 is 1.96 bits per heavy atom. The number of H-pyrrole nitrogens is 1. The molecule has 2 N–H and O–H groups in total. The normalized spacial score (nSPS) is 10.5. The van der Waals surface area contributed by atoms with Crippen molar-refractivity contribution < 1.29 is 13.9 Å². The number of halogens is 1. The van der Waals surface area contributed by atoms with E-state index in [1.54, 1.807) is 43.5 Å². The lowest BCUT2D eigenvalue weighted by atomic mass is 10.2. The fourth-order valence-corrected chi connectivity index (χ4v) is 2.57. The lowest BCUT2D eigenvalue weighted by molar-refractivity contribution is -0.121. The zero-order valence-electron chi connectivity index (χ0n) is 15.2. The summed E-state index contributed by atoms with van der Waals surface area (Å²) in [5, 5.41) is 10.7.